The van der Waals surface area contributed by atoms with Crippen molar-refractivity contribution in [2.45, 2.75) is 39.9 Å². The molecule has 6 nitrogen and oxygen atoms in total. The van der Waals surface area contributed by atoms with Crippen molar-refractivity contribution in [3.63, 3.8) is 0 Å². The quantitative estimate of drug-likeness (QED) is 0.843. The van der Waals surface area contributed by atoms with Crippen LogP contribution < -0.4 is 15.4 Å². The van der Waals surface area contributed by atoms with Crippen LogP contribution in [0, 0.1) is 6.92 Å². The number of nitrogens with zero attached hydrogens (tertiary/aromatic N) is 2. The number of nitrogen functional groups attached to an aromatic ring is 1. The highest BCUT2D eigenvalue weighted by Gasteiger charge is 2.26. The van der Waals surface area contributed by atoms with Crippen LogP contribution in [0.3, 0.4) is 0 Å². The number of esters is 1. The van der Waals surface area contributed by atoms with Crippen LogP contribution >= 0.6 is 11.3 Å². The molecule has 0 amide bonds. The Morgan fingerprint density at radius 1 is 1.52 bits per heavy atom. The number of fused-ring (bicyclic) bond motifs is 1. The molecule has 3 rings (SSSR count). The molecule has 1 aliphatic rings. The minimum Gasteiger partial charge on any atom is -0.487 e. The Labute approximate surface area is 151 Å². The third kappa shape index (κ3) is 3.87. The van der Waals surface area contributed by atoms with Gasteiger partial charge in [0.2, 0.25) is 0 Å². The molecule has 0 fully saturated rings. The minimum absolute atomic E-state index is 0.00172. The molecule has 0 radical (unpaired) electrons. The maximum absolute atomic E-state index is 12.1. The third-order valence-electron chi connectivity index (χ3n) is 3.88. The van der Waals surface area contributed by atoms with E-state index in [4.69, 9.17) is 15.2 Å². The predicted molar refractivity (Wildman–Crippen MR) is 100 cm³/mol. The minimum atomic E-state index is -0.241. The number of carbonyl (C=O) groups excluding carboxylic acids is 1. The zero-order valence-corrected chi connectivity index (χ0v) is 15.7. The molecule has 7 heteroatoms. The van der Waals surface area contributed by atoms with Gasteiger partial charge in [-0.25, -0.2) is 4.98 Å². The van der Waals surface area contributed by atoms with Gasteiger partial charge in [0.25, 0.3) is 0 Å². The fraction of sp³-hybridized carbons (Fsp3) is 0.444. The number of aryl methyl sites for hydroxylation is 1. The first-order chi connectivity index (χ1) is 11.8. The molecule has 2 aromatic rings. The molecule has 0 aliphatic carbocycles. The Morgan fingerprint density at radius 3 is 2.92 bits per heavy atom. The Bertz CT molecular complexity index is 788. The van der Waals surface area contributed by atoms with Crippen LogP contribution in [0.4, 0.5) is 10.8 Å². The van der Waals surface area contributed by atoms with E-state index in [0.717, 1.165) is 27.6 Å². The Morgan fingerprint density at radius 2 is 2.28 bits per heavy atom. The summed E-state index contributed by atoms with van der Waals surface area (Å²) in [6, 6.07) is 5.91. The number of ether oxygens (including phenoxy) is 2. The Kier molecular flexibility index (Phi) is 4.85. The molecule has 1 aromatic carbocycles. The summed E-state index contributed by atoms with van der Waals surface area (Å²) in [4.78, 5) is 19.6. The van der Waals surface area contributed by atoms with Crippen molar-refractivity contribution < 1.29 is 14.3 Å². The number of rotatable bonds is 4. The zero-order chi connectivity index (χ0) is 18.1. The average Bonchev–Trinajstić information content (AvgIpc) is 2.84. The van der Waals surface area contributed by atoms with E-state index >= 15 is 0 Å². The number of anilines is 2. The van der Waals surface area contributed by atoms with Crippen LogP contribution in [0.5, 0.6) is 5.75 Å². The first-order valence-corrected chi connectivity index (χ1v) is 9.13. The lowest BCUT2D eigenvalue weighted by Gasteiger charge is -2.34. The van der Waals surface area contributed by atoms with Crippen LogP contribution in [0.1, 0.15) is 25.6 Å². The molecular weight excluding hydrogens is 338 g/mol. The highest BCUT2D eigenvalue weighted by atomic mass is 32.1. The molecule has 25 heavy (non-hydrogen) atoms. The van der Waals surface area contributed by atoms with E-state index in [2.05, 4.69) is 4.98 Å². The molecular formula is C18H23N3O3S. The lowest BCUT2D eigenvalue weighted by Crippen LogP contribution is -2.42. The summed E-state index contributed by atoms with van der Waals surface area (Å²) in [5.74, 6) is 0.523. The molecule has 0 saturated carbocycles. The monoisotopic (exact) mass is 361 g/mol. The molecule has 1 aromatic heterocycles. The number of nitrogens with two attached hydrogens (primary N) is 1. The SMILES string of the molecule is Cc1sc(N)nc1-c1ccc2c(c1)N(CC(=O)OC(C)C)CC(C)O2. The molecule has 0 spiro atoms. The molecule has 1 unspecified atom stereocenters. The van der Waals surface area contributed by atoms with Gasteiger partial charge in [-0.2, -0.15) is 0 Å². The number of hydrogen-bond donors (Lipinski definition) is 1. The predicted octanol–water partition coefficient (Wildman–Crippen LogP) is 3.24. The third-order valence-corrected chi connectivity index (χ3v) is 4.68. The molecule has 2 heterocycles. The van der Waals surface area contributed by atoms with Crippen molar-refractivity contribution >= 4 is 28.1 Å². The van der Waals surface area contributed by atoms with Gasteiger partial charge >= 0.3 is 5.97 Å². The normalized spacial score (nSPS) is 16.5. The number of benzene rings is 1. The van der Waals surface area contributed by atoms with Crippen molar-refractivity contribution in [3.8, 4) is 17.0 Å². The summed E-state index contributed by atoms with van der Waals surface area (Å²) >= 11 is 1.47. The lowest BCUT2D eigenvalue weighted by molar-refractivity contribution is -0.145. The van der Waals surface area contributed by atoms with Crippen molar-refractivity contribution in [1.29, 1.82) is 0 Å². The summed E-state index contributed by atoms with van der Waals surface area (Å²) in [5.41, 5.74) is 8.53. The van der Waals surface area contributed by atoms with E-state index in [1.807, 2.05) is 50.8 Å². The van der Waals surface area contributed by atoms with Gasteiger partial charge in [0.1, 0.15) is 18.4 Å². The summed E-state index contributed by atoms with van der Waals surface area (Å²) < 4.78 is 11.2. The van der Waals surface area contributed by atoms with Crippen molar-refractivity contribution in [2.75, 3.05) is 23.7 Å². The number of hydrogen-bond acceptors (Lipinski definition) is 7. The zero-order valence-electron chi connectivity index (χ0n) is 14.9. The standard InChI is InChI=1S/C18H23N3O3S/c1-10(2)23-16(22)9-21-8-11(3)24-15-6-5-13(7-14(15)21)17-12(4)25-18(19)20-17/h5-7,10-11H,8-9H2,1-4H3,(H2,19,20). The topological polar surface area (TPSA) is 77.7 Å². The molecule has 134 valence electrons. The smallest absolute Gasteiger partial charge is 0.325 e. The first-order valence-electron chi connectivity index (χ1n) is 8.32. The second-order valence-corrected chi connectivity index (χ2v) is 7.72. The van der Waals surface area contributed by atoms with Crippen LogP contribution in [-0.4, -0.2) is 36.3 Å². The lowest BCUT2D eigenvalue weighted by atomic mass is 10.1. The fourth-order valence-electron chi connectivity index (χ4n) is 2.96. The highest BCUT2D eigenvalue weighted by Crippen LogP contribution is 2.38. The Hall–Kier alpha value is -2.28. The summed E-state index contributed by atoms with van der Waals surface area (Å²) in [7, 11) is 0. The van der Waals surface area contributed by atoms with Crippen molar-refractivity contribution in [2.24, 2.45) is 0 Å². The van der Waals surface area contributed by atoms with Crippen LogP contribution in [0.15, 0.2) is 18.2 Å². The fourth-order valence-corrected chi connectivity index (χ4v) is 3.68. The summed E-state index contributed by atoms with van der Waals surface area (Å²) in [6.07, 6.45) is -0.126. The van der Waals surface area contributed by atoms with Gasteiger partial charge in [0.05, 0.1) is 24.0 Å². The van der Waals surface area contributed by atoms with Gasteiger partial charge in [0.15, 0.2) is 5.13 Å². The maximum Gasteiger partial charge on any atom is 0.325 e. The van der Waals surface area contributed by atoms with E-state index in [-0.39, 0.29) is 24.7 Å². The van der Waals surface area contributed by atoms with Gasteiger partial charge < -0.3 is 20.1 Å². The van der Waals surface area contributed by atoms with Crippen molar-refractivity contribution in [1.82, 2.24) is 4.98 Å². The highest BCUT2D eigenvalue weighted by molar-refractivity contribution is 7.15. The number of thiazole rings is 1. The maximum atomic E-state index is 12.1. The van der Waals surface area contributed by atoms with Gasteiger partial charge in [-0.05, 0) is 45.9 Å². The second kappa shape index (κ2) is 6.92. The average molecular weight is 361 g/mol. The van der Waals surface area contributed by atoms with Crippen LogP contribution in [0.25, 0.3) is 11.3 Å². The van der Waals surface area contributed by atoms with Crippen LogP contribution in [0.2, 0.25) is 0 Å². The summed E-state index contributed by atoms with van der Waals surface area (Å²) in [5, 5.41) is 0.549. The van der Waals surface area contributed by atoms with Crippen molar-refractivity contribution in [3.05, 3.63) is 23.1 Å². The van der Waals surface area contributed by atoms with E-state index in [1.165, 1.54) is 11.3 Å². The van der Waals surface area contributed by atoms with Gasteiger partial charge in [-0.1, -0.05) is 0 Å². The number of carbonyl (C=O) groups is 1. The van der Waals surface area contributed by atoms with E-state index in [1.54, 1.807) is 0 Å². The molecule has 1 aliphatic heterocycles. The second-order valence-electron chi connectivity index (χ2n) is 6.49. The van der Waals surface area contributed by atoms with Gasteiger partial charge in [0, 0.05) is 10.4 Å². The van der Waals surface area contributed by atoms with Crippen LogP contribution in [-0.2, 0) is 9.53 Å². The molecule has 0 saturated heterocycles. The first kappa shape index (κ1) is 17.5. The number of aromatic nitrogens is 1. The van der Waals surface area contributed by atoms with Gasteiger partial charge in [-0.15, -0.1) is 11.3 Å². The van der Waals surface area contributed by atoms with Gasteiger partial charge in [-0.3, -0.25) is 4.79 Å². The van der Waals surface area contributed by atoms with E-state index in [0.29, 0.717) is 11.7 Å². The molecule has 0 bridgehead atoms. The van der Waals surface area contributed by atoms with E-state index < -0.39 is 0 Å². The van der Waals surface area contributed by atoms with E-state index in [9.17, 15) is 4.79 Å². The largest absolute Gasteiger partial charge is 0.487 e. The molecule has 2 N–H and O–H groups in total. The summed E-state index contributed by atoms with van der Waals surface area (Å²) in [6.45, 7) is 8.51. The Balaban J connectivity index is 1.93. The molecule has 1 atom stereocenters.